The predicted octanol–water partition coefficient (Wildman–Crippen LogP) is 2.98. The maximum atomic E-state index is 11.9. The first-order valence-corrected chi connectivity index (χ1v) is 16.5. The summed E-state index contributed by atoms with van der Waals surface area (Å²) in [5.41, 5.74) is 18.2. The maximum absolute atomic E-state index is 11.9. The van der Waals surface area contributed by atoms with Crippen LogP contribution in [0.4, 0.5) is 28.4 Å². The largest absolute Gasteiger partial charge is 0.398 e. The number of nitrogen functional groups attached to an aromatic ring is 2. The molecule has 0 heterocycles. The average Bonchev–Trinajstić information content (AvgIpc) is 2.94. The Morgan fingerprint density at radius 3 is 1.91 bits per heavy atom. The van der Waals surface area contributed by atoms with Crippen molar-refractivity contribution in [3.63, 3.8) is 0 Å². The number of anilines is 4. The Hall–Kier alpha value is -4.49. The average molecular weight is 647 g/mol. The summed E-state index contributed by atoms with van der Waals surface area (Å²) < 4.78 is 99.3. The number of nitrogens with one attached hydrogen (secondary N) is 3. The van der Waals surface area contributed by atoms with Gasteiger partial charge in [-0.05, 0) is 60.7 Å². The van der Waals surface area contributed by atoms with E-state index in [0.717, 1.165) is 0 Å². The SMILES string of the molecule is Nc1ccc(NNc2ccc([NH2+]Nc3cccc(S(=O)(=O)O)c3)c3ccc(S(=O)(=O)O)cc23)c2cccc(S(=O)(=O)O)c12. The van der Waals surface area contributed by atoms with Gasteiger partial charge in [-0.15, -0.1) is 0 Å². The molecule has 0 fully saturated rings. The third-order valence-electron chi connectivity index (χ3n) is 6.49. The number of benzene rings is 5. The van der Waals surface area contributed by atoms with Gasteiger partial charge in [0.15, 0.2) is 5.69 Å². The Bertz CT molecular complexity index is 2240. The number of hydrogen-bond acceptors (Lipinski definition) is 10. The zero-order chi connectivity index (χ0) is 31.2. The Morgan fingerprint density at radius 2 is 1.23 bits per heavy atom. The quantitative estimate of drug-likeness (QED) is 0.0498. The molecule has 5 aromatic carbocycles. The highest BCUT2D eigenvalue weighted by atomic mass is 32.2. The van der Waals surface area contributed by atoms with Crippen molar-refractivity contribution in [2.45, 2.75) is 14.7 Å². The van der Waals surface area contributed by atoms with Gasteiger partial charge in [0, 0.05) is 33.3 Å². The first-order valence-electron chi connectivity index (χ1n) is 12.2. The number of quaternary nitrogens is 1. The lowest BCUT2D eigenvalue weighted by atomic mass is 10.1. The second kappa shape index (κ2) is 11.0. The molecular formula is C26H24N5O9S3+. The summed E-state index contributed by atoms with van der Waals surface area (Å²) in [5.74, 6) is 0. The van der Waals surface area contributed by atoms with Crippen molar-refractivity contribution < 1.29 is 44.3 Å². The summed E-state index contributed by atoms with van der Waals surface area (Å²) in [6.07, 6.45) is 0. The van der Waals surface area contributed by atoms with Gasteiger partial charge in [0.25, 0.3) is 30.4 Å². The molecule has 10 N–H and O–H groups in total. The zero-order valence-corrected chi connectivity index (χ0v) is 24.2. The van der Waals surface area contributed by atoms with Crippen molar-refractivity contribution in [3.05, 3.63) is 84.9 Å². The molecule has 5 aromatic rings. The summed E-state index contributed by atoms with van der Waals surface area (Å²) in [4.78, 5) is -1.05. The molecule has 0 bridgehead atoms. The lowest BCUT2D eigenvalue weighted by Gasteiger charge is -2.17. The lowest BCUT2D eigenvalue weighted by molar-refractivity contribution is -0.536. The Kier molecular flexibility index (Phi) is 7.65. The molecule has 17 heteroatoms. The first kappa shape index (κ1) is 30.0. The second-order valence-corrected chi connectivity index (χ2v) is 13.5. The first-order chi connectivity index (χ1) is 20.1. The van der Waals surface area contributed by atoms with Crippen LogP contribution in [0.2, 0.25) is 0 Å². The van der Waals surface area contributed by atoms with E-state index in [1.54, 1.807) is 35.8 Å². The highest BCUT2D eigenvalue weighted by molar-refractivity contribution is 7.86. The number of nitrogens with two attached hydrogens (primary N) is 2. The van der Waals surface area contributed by atoms with Crippen LogP contribution in [0, 0.1) is 0 Å². The Labute approximate surface area is 245 Å². The van der Waals surface area contributed by atoms with E-state index in [1.165, 1.54) is 54.6 Å². The zero-order valence-electron chi connectivity index (χ0n) is 21.8. The van der Waals surface area contributed by atoms with Crippen LogP contribution in [0.3, 0.4) is 0 Å². The lowest BCUT2D eigenvalue weighted by Crippen LogP contribution is -2.82. The fourth-order valence-corrected chi connectivity index (χ4v) is 6.28. The molecule has 0 amide bonds. The Balaban J connectivity index is 1.52. The van der Waals surface area contributed by atoms with Crippen molar-refractivity contribution in [1.29, 1.82) is 0 Å². The van der Waals surface area contributed by atoms with Crippen LogP contribution >= 0.6 is 0 Å². The third kappa shape index (κ3) is 6.32. The van der Waals surface area contributed by atoms with Crippen molar-refractivity contribution in [3.8, 4) is 0 Å². The van der Waals surface area contributed by atoms with Gasteiger partial charge in [0.05, 0.1) is 26.9 Å². The van der Waals surface area contributed by atoms with Crippen LogP contribution in [0.25, 0.3) is 21.5 Å². The highest BCUT2D eigenvalue weighted by Gasteiger charge is 2.19. The van der Waals surface area contributed by atoms with Gasteiger partial charge in [0.2, 0.25) is 0 Å². The van der Waals surface area contributed by atoms with Crippen LogP contribution in [0.15, 0.2) is 99.6 Å². The van der Waals surface area contributed by atoms with Crippen LogP contribution in [0.1, 0.15) is 0 Å². The molecule has 0 aliphatic carbocycles. The molecule has 43 heavy (non-hydrogen) atoms. The van der Waals surface area contributed by atoms with Crippen molar-refractivity contribution in [1.82, 2.24) is 0 Å². The van der Waals surface area contributed by atoms with E-state index in [9.17, 15) is 38.9 Å². The summed E-state index contributed by atoms with van der Waals surface area (Å²) in [6.45, 7) is 0. The number of hydrazine groups is 1. The van der Waals surface area contributed by atoms with Gasteiger partial charge < -0.3 is 16.6 Å². The molecule has 0 unspecified atom stereocenters. The minimum atomic E-state index is -4.58. The summed E-state index contributed by atoms with van der Waals surface area (Å²) in [5, 5.41) is 1.34. The number of hydrogen-bond donors (Lipinski definition) is 8. The normalized spacial score (nSPS) is 12.3. The van der Waals surface area contributed by atoms with Gasteiger partial charge >= 0.3 is 0 Å². The smallest absolute Gasteiger partial charge is 0.295 e. The van der Waals surface area contributed by atoms with E-state index in [1.807, 2.05) is 0 Å². The summed E-state index contributed by atoms with van der Waals surface area (Å²) in [6, 6.07) is 20.0. The summed E-state index contributed by atoms with van der Waals surface area (Å²) >= 11 is 0. The van der Waals surface area contributed by atoms with Crippen molar-refractivity contribution in [2.75, 3.05) is 22.0 Å². The van der Waals surface area contributed by atoms with E-state index in [2.05, 4.69) is 16.3 Å². The number of fused-ring (bicyclic) bond motifs is 2. The minimum absolute atomic E-state index is 0.101. The van der Waals surface area contributed by atoms with E-state index >= 15 is 0 Å². The molecule has 0 atom stereocenters. The molecule has 0 aromatic heterocycles. The van der Waals surface area contributed by atoms with E-state index in [-0.39, 0.29) is 25.8 Å². The minimum Gasteiger partial charge on any atom is -0.398 e. The van der Waals surface area contributed by atoms with Gasteiger partial charge in [-0.2, -0.15) is 25.3 Å². The standard InChI is InChI=1S/C26H23N5O9S3/c27-21-9-10-23(19-5-2-6-25(26(19)21)43(38,39)40)30-31-24-12-11-22(18-8-7-17(14-20(18)24)42(35,36)37)29-28-15-3-1-4-16(13-15)41(32,33)34/h1-14,28-31H,27H2,(H,32,33,34)(H,35,36,37)(H,38,39,40)/p+1. The van der Waals surface area contributed by atoms with Crippen molar-refractivity contribution >= 4 is 80.3 Å². The molecule has 0 aliphatic rings. The molecular weight excluding hydrogens is 623 g/mol. The van der Waals surface area contributed by atoms with Gasteiger partial charge in [-0.1, -0.05) is 18.2 Å². The Morgan fingerprint density at radius 1 is 0.605 bits per heavy atom. The maximum Gasteiger partial charge on any atom is 0.295 e. The van der Waals surface area contributed by atoms with E-state index in [4.69, 9.17) is 5.73 Å². The molecule has 0 radical (unpaired) electrons. The van der Waals surface area contributed by atoms with E-state index in [0.29, 0.717) is 38.9 Å². The molecule has 0 spiro atoms. The molecule has 224 valence electrons. The van der Waals surface area contributed by atoms with Gasteiger partial charge in [-0.25, -0.2) is 10.9 Å². The van der Waals surface area contributed by atoms with Crippen LogP contribution in [0.5, 0.6) is 0 Å². The third-order valence-corrected chi connectivity index (χ3v) is 9.09. The van der Waals surface area contributed by atoms with E-state index < -0.39 is 30.4 Å². The second-order valence-electron chi connectivity index (χ2n) is 9.28. The fraction of sp³-hybridized carbons (Fsp3) is 0. The summed E-state index contributed by atoms with van der Waals surface area (Å²) in [7, 11) is -13.6. The van der Waals surface area contributed by atoms with Crippen LogP contribution < -0.4 is 27.4 Å². The number of rotatable bonds is 9. The van der Waals surface area contributed by atoms with Gasteiger partial charge in [-0.3, -0.25) is 13.7 Å². The van der Waals surface area contributed by atoms with Crippen LogP contribution in [-0.2, 0) is 30.4 Å². The van der Waals surface area contributed by atoms with Crippen molar-refractivity contribution in [2.24, 2.45) is 0 Å². The van der Waals surface area contributed by atoms with Gasteiger partial charge in [0.1, 0.15) is 4.90 Å². The fourth-order valence-electron chi connectivity index (χ4n) is 4.51. The topological polar surface area (TPSA) is 242 Å². The molecule has 14 nitrogen and oxygen atoms in total. The van der Waals surface area contributed by atoms with Crippen LogP contribution in [-0.4, -0.2) is 38.9 Å². The molecule has 0 saturated carbocycles. The predicted molar refractivity (Wildman–Crippen MR) is 161 cm³/mol. The highest BCUT2D eigenvalue weighted by Crippen LogP contribution is 2.35. The monoisotopic (exact) mass is 646 g/mol. The molecule has 0 saturated heterocycles. The molecule has 0 aliphatic heterocycles. The molecule has 5 rings (SSSR count).